The third-order valence-electron chi connectivity index (χ3n) is 5.40. The fourth-order valence-electron chi connectivity index (χ4n) is 3.32. The molecule has 0 unspecified atom stereocenters. The maximum Gasteiger partial charge on any atom is 0.191 e. The van der Waals surface area contributed by atoms with Gasteiger partial charge in [-0.25, -0.2) is 0 Å². The summed E-state index contributed by atoms with van der Waals surface area (Å²) in [5, 5.41) is 10.9. The molecule has 7 heteroatoms. The van der Waals surface area contributed by atoms with Crippen molar-refractivity contribution in [2.24, 2.45) is 4.99 Å². The van der Waals surface area contributed by atoms with E-state index < -0.39 is 0 Å². The van der Waals surface area contributed by atoms with Crippen molar-refractivity contribution in [3.05, 3.63) is 47.3 Å². The van der Waals surface area contributed by atoms with E-state index in [1.54, 1.807) is 7.05 Å². The lowest BCUT2D eigenvalue weighted by atomic mass is 9.96. The standard InChI is InChI=1S/C22H32N4O2.HI/c1-4-16(5-2)20-13-19(28-26-20)15-25-22(23-3)24-14-17-9-6-7-12-21(17)27-18-10-8-11-18;/h6-7,9,12-13,16,18H,4-5,8,10-11,14-15H2,1-3H3,(H2,23,24,25);1H. The SMILES string of the molecule is CCC(CC)c1cc(CNC(=NC)NCc2ccccc2OC2CCC2)on1.I. The summed E-state index contributed by atoms with van der Waals surface area (Å²) in [7, 11) is 1.77. The molecule has 2 aromatic rings. The van der Waals surface area contributed by atoms with Crippen LogP contribution in [-0.4, -0.2) is 24.3 Å². The molecule has 160 valence electrons. The minimum Gasteiger partial charge on any atom is -0.490 e. The Balaban J connectivity index is 0.00000300. The predicted molar refractivity (Wildman–Crippen MR) is 127 cm³/mol. The van der Waals surface area contributed by atoms with Crippen LogP contribution in [0.25, 0.3) is 0 Å². The summed E-state index contributed by atoms with van der Waals surface area (Å²) in [4.78, 5) is 4.30. The lowest BCUT2D eigenvalue weighted by molar-refractivity contribution is 0.119. The summed E-state index contributed by atoms with van der Waals surface area (Å²) in [6, 6.07) is 10.2. The van der Waals surface area contributed by atoms with Gasteiger partial charge in [0.25, 0.3) is 0 Å². The van der Waals surface area contributed by atoms with Crippen LogP contribution in [0.5, 0.6) is 5.75 Å². The van der Waals surface area contributed by atoms with Crippen LogP contribution in [-0.2, 0) is 13.1 Å². The number of rotatable bonds is 9. The number of benzene rings is 1. The Morgan fingerprint density at radius 3 is 2.59 bits per heavy atom. The van der Waals surface area contributed by atoms with Crippen molar-refractivity contribution in [2.45, 2.75) is 71.1 Å². The highest BCUT2D eigenvalue weighted by Gasteiger charge is 2.20. The summed E-state index contributed by atoms with van der Waals surface area (Å²) >= 11 is 0. The van der Waals surface area contributed by atoms with E-state index in [4.69, 9.17) is 9.26 Å². The molecule has 3 rings (SSSR count). The number of aromatic nitrogens is 1. The Kier molecular flexibility index (Phi) is 9.76. The molecule has 1 aromatic heterocycles. The van der Waals surface area contributed by atoms with E-state index in [0.717, 1.165) is 54.4 Å². The molecule has 0 amide bonds. The van der Waals surface area contributed by atoms with Crippen molar-refractivity contribution in [3.63, 3.8) is 0 Å². The van der Waals surface area contributed by atoms with Gasteiger partial charge in [0.2, 0.25) is 0 Å². The fraction of sp³-hybridized carbons (Fsp3) is 0.545. The zero-order chi connectivity index (χ0) is 19.8. The maximum absolute atomic E-state index is 6.10. The largest absolute Gasteiger partial charge is 0.490 e. The molecule has 0 aliphatic heterocycles. The summed E-state index contributed by atoms with van der Waals surface area (Å²) in [6.07, 6.45) is 6.09. The highest BCUT2D eigenvalue weighted by Crippen LogP contribution is 2.27. The van der Waals surface area contributed by atoms with Crippen molar-refractivity contribution in [1.82, 2.24) is 15.8 Å². The summed E-state index contributed by atoms with van der Waals surface area (Å²) < 4.78 is 11.6. The van der Waals surface area contributed by atoms with Gasteiger partial charge in [0, 0.05) is 31.1 Å². The molecule has 1 heterocycles. The molecule has 6 nitrogen and oxygen atoms in total. The average molecular weight is 512 g/mol. The molecule has 1 aliphatic rings. The first kappa shape index (κ1) is 23.5. The van der Waals surface area contributed by atoms with Gasteiger partial charge in [-0.05, 0) is 38.2 Å². The van der Waals surface area contributed by atoms with Gasteiger partial charge in [-0.1, -0.05) is 37.2 Å². The normalized spacial score (nSPS) is 14.3. The number of nitrogens with zero attached hydrogens (tertiary/aromatic N) is 2. The fourth-order valence-corrected chi connectivity index (χ4v) is 3.32. The molecule has 1 saturated carbocycles. The molecular weight excluding hydrogens is 479 g/mol. The van der Waals surface area contributed by atoms with E-state index in [9.17, 15) is 0 Å². The zero-order valence-electron chi connectivity index (χ0n) is 17.6. The first-order valence-electron chi connectivity index (χ1n) is 10.4. The van der Waals surface area contributed by atoms with Crippen LogP contribution in [0, 0.1) is 0 Å². The van der Waals surface area contributed by atoms with Crippen LogP contribution in [0.2, 0.25) is 0 Å². The van der Waals surface area contributed by atoms with Crippen molar-refractivity contribution in [1.29, 1.82) is 0 Å². The third kappa shape index (κ3) is 6.62. The van der Waals surface area contributed by atoms with E-state index in [2.05, 4.69) is 40.7 Å². The Bertz CT molecular complexity index is 770. The van der Waals surface area contributed by atoms with Gasteiger partial charge in [-0.3, -0.25) is 4.99 Å². The molecule has 0 bridgehead atoms. The minimum atomic E-state index is 0. The topological polar surface area (TPSA) is 71.7 Å². The number of aliphatic imine (C=N–C) groups is 1. The maximum atomic E-state index is 6.10. The Morgan fingerprint density at radius 2 is 1.93 bits per heavy atom. The first-order valence-corrected chi connectivity index (χ1v) is 10.4. The molecule has 29 heavy (non-hydrogen) atoms. The van der Waals surface area contributed by atoms with E-state index in [0.29, 0.717) is 25.1 Å². The third-order valence-corrected chi connectivity index (χ3v) is 5.40. The Hall–Kier alpha value is -1.77. The molecular formula is C22H33IN4O2. The van der Waals surface area contributed by atoms with Crippen LogP contribution >= 0.6 is 24.0 Å². The highest BCUT2D eigenvalue weighted by molar-refractivity contribution is 14.0. The van der Waals surface area contributed by atoms with Gasteiger partial charge in [0.1, 0.15) is 5.75 Å². The smallest absolute Gasteiger partial charge is 0.191 e. The van der Waals surface area contributed by atoms with Crippen LogP contribution in [0.1, 0.15) is 68.9 Å². The van der Waals surface area contributed by atoms with Crippen molar-refractivity contribution >= 4 is 29.9 Å². The molecule has 1 fully saturated rings. The highest BCUT2D eigenvalue weighted by atomic mass is 127. The van der Waals surface area contributed by atoms with Crippen LogP contribution < -0.4 is 15.4 Å². The predicted octanol–water partition coefficient (Wildman–Crippen LogP) is 4.99. The van der Waals surface area contributed by atoms with Crippen LogP contribution in [0.3, 0.4) is 0 Å². The summed E-state index contributed by atoms with van der Waals surface area (Å²) in [6.45, 7) is 5.56. The number of hydrogen-bond donors (Lipinski definition) is 2. The van der Waals surface area contributed by atoms with Gasteiger partial charge in [0.05, 0.1) is 18.3 Å². The molecule has 0 atom stereocenters. The molecule has 1 aromatic carbocycles. The molecule has 0 radical (unpaired) electrons. The number of guanidine groups is 1. The van der Waals surface area contributed by atoms with Crippen LogP contribution in [0.4, 0.5) is 0 Å². The molecule has 0 spiro atoms. The van der Waals surface area contributed by atoms with Crippen molar-refractivity contribution in [3.8, 4) is 5.75 Å². The Morgan fingerprint density at radius 1 is 1.21 bits per heavy atom. The van der Waals surface area contributed by atoms with Gasteiger partial charge < -0.3 is 19.9 Å². The zero-order valence-corrected chi connectivity index (χ0v) is 19.9. The van der Waals surface area contributed by atoms with Crippen LogP contribution in [0.15, 0.2) is 39.8 Å². The van der Waals surface area contributed by atoms with Crippen molar-refractivity contribution < 1.29 is 9.26 Å². The number of ether oxygens (including phenoxy) is 1. The van der Waals surface area contributed by atoms with E-state index in [1.165, 1.54) is 6.42 Å². The van der Waals surface area contributed by atoms with E-state index >= 15 is 0 Å². The second-order valence-electron chi connectivity index (χ2n) is 7.29. The number of nitrogens with one attached hydrogen (secondary N) is 2. The van der Waals surface area contributed by atoms with E-state index in [-0.39, 0.29) is 24.0 Å². The van der Waals surface area contributed by atoms with Crippen molar-refractivity contribution in [2.75, 3.05) is 7.05 Å². The second-order valence-corrected chi connectivity index (χ2v) is 7.29. The van der Waals surface area contributed by atoms with Gasteiger partial charge in [0.15, 0.2) is 11.7 Å². The quantitative estimate of drug-likeness (QED) is 0.281. The monoisotopic (exact) mass is 512 g/mol. The van der Waals surface area contributed by atoms with E-state index in [1.807, 2.05) is 24.3 Å². The lowest BCUT2D eigenvalue weighted by Crippen LogP contribution is -2.36. The van der Waals surface area contributed by atoms with Gasteiger partial charge in [-0.15, -0.1) is 24.0 Å². The summed E-state index contributed by atoms with van der Waals surface area (Å²) in [5.41, 5.74) is 2.17. The number of halogens is 1. The first-order chi connectivity index (χ1) is 13.7. The Labute approximate surface area is 190 Å². The number of para-hydroxylation sites is 1. The van der Waals surface area contributed by atoms with Gasteiger partial charge >= 0.3 is 0 Å². The molecule has 0 saturated heterocycles. The summed E-state index contributed by atoms with van der Waals surface area (Å²) in [5.74, 6) is 2.96. The lowest BCUT2D eigenvalue weighted by Gasteiger charge is -2.27. The second kappa shape index (κ2) is 12.0. The number of hydrogen-bond acceptors (Lipinski definition) is 4. The molecule has 1 aliphatic carbocycles. The minimum absolute atomic E-state index is 0. The van der Waals surface area contributed by atoms with Gasteiger partial charge in [-0.2, -0.15) is 0 Å². The molecule has 2 N–H and O–H groups in total. The average Bonchev–Trinajstić information content (AvgIpc) is 3.15.